The van der Waals surface area contributed by atoms with Crippen LogP contribution in [-0.2, 0) is 0 Å². The summed E-state index contributed by atoms with van der Waals surface area (Å²) >= 11 is 0. The summed E-state index contributed by atoms with van der Waals surface area (Å²) in [4.78, 5) is 2.38. The van der Waals surface area contributed by atoms with Crippen LogP contribution in [0, 0.1) is 0 Å². The molecule has 52 valence electrons. The minimum absolute atomic E-state index is 0. The van der Waals surface area contributed by atoms with Crippen LogP contribution in [0.15, 0.2) is 0 Å². The van der Waals surface area contributed by atoms with Gasteiger partial charge < -0.3 is 17.3 Å². The predicted octanol–water partition coefficient (Wildman–Crippen LogP) is -4.64. The van der Waals surface area contributed by atoms with Crippen LogP contribution in [0.3, 0.4) is 0 Å². The minimum atomic E-state index is 0. The Kier molecular flexibility index (Phi) is 21.2. The van der Waals surface area contributed by atoms with Crippen molar-refractivity contribution in [2.75, 3.05) is 19.6 Å². The molecule has 0 spiro atoms. The molecule has 0 unspecified atom stereocenters. The minimum Gasteiger partial charge on any atom is -1.00 e. The van der Waals surface area contributed by atoms with Gasteiger partial charge in [0.05, 0.1) is 0 Å². The van der Waals surface area contributed by atoms with Crippen LogP contribution in [0.2, 0.25) is 0 Å². The van der Waals surface area contributed by atoms with Crippen molar-refractivity contribution in [3.05, 3.63) is 0 Å². The molecule has 0 saturated heterocycles. The summed E-state index contributed by atoms with van der Waals surface area (Å²) in [6.07, 6.45) is 0. The molecule has 0 bridgehead atoms. The van der Waals surface area contributed by atoms with E-state index in [1.54, 1.807) is 0 Å². The second-order valence-corrected chi connectivity index (χ2v) is 1.62. The van der Waals surface area contributed by atoms with E-state index in [1.807, 2.05) is 0 Å². The van der Waals surface area contributed by atoms with E-state index in [1.165, 1.54) is 19.6 Å². The Hall–Kier alpha value is 0.847. The first-order chi connectivity index (χ1) is 3.35. The van der Waals surface area contributed by atoms with Crippen LogP contribution in [0.1, 0.15) is 20.8 Å². The summed E-state index contributed by atoms with van der Waals surface area (Å²) in [6, 6.07) is 0. The van der Waals surface area contributed by atoms with Crippen molar-refractivity contribution in [1.29, 1.82) is 0 Å². The summed E-state index contributed by atoms with van der Waals surface area (Å²) in [5, 5.41) is 0. The molecule has 0 fully saturated rings. The van der Waals surface area contributed by atoms with Crippen molar-refractivity contribution in [3.63, 3.8) is 0 Å². The fraction of sp³-hybridized carbons (Fsp3) is 1.00. The van der Waals surface area contributed by atoms with Gasteiger partial charge in [0.1, 0.15) is 0 Å². The average Bonchev–Trinajstić information content (AvgIpc) is 1.72. The van der Waals surface area contributed by atoms with E-state index >= 15 is 0 Å². The Balaban J connectivity index is -0.000000180. The second kappa shape index (κ2) is 11.6. The van der Waals surface area contributed by atoms with Gasteiger partial charge in [-0.3, -0.25) is 0 Å². The van der Waals surface area contributed by atoms with Crippen LogP contribution in [0.4, 0.5) is 0 Å². The van der Waals surface area contributed by atoms with Crippen LogP contribution >= 0.6 is 0 Å². The van der Waals surface area contributed by atoms with Gasteiger partial charge in [0.25, 0.3) is 0 Å². The Labute approximate surface area is 76.8 Å². The van der Waals surface area contributed by atoms with E-state index in [-0.39, 0.29) is 31.3 Å². The van der Waals surface area contributed by atoms with Crippen LogP contribution < -0.4 is 31.3 Å². The first kappa shape index (κ1) is 16.4. The van der Waals surface area contributed by atoms with Gasteiger partial charge in [-0.05, 0) is 19.6 Å². The zero-order chi connectivity index (χ0) is 5.70. The molecule has 0 heterocycles. The molecule has 0 radical (unpaired) electrons. The van der Waals surface area contributed by atoms with Crippen molar-refractivity contribution < 1.29 is 31.3 Å². The molecular weight excluding hydrogens is 128 g/mol. The van der Waals surface area contributed by atoms with Gasteiger partial charge >= 0.3 is 18.9 Å². The van der Waals surface area contributed by atoms with Crippen molar-refractivity contribution >= 4 is 0 Å². The standard InChI is InChI=1S/C6H15N.ClH.Li/c1-4-7(5-2)6-3;;/h4-6H2,1-3H3;1H;/q;;+1/p-1. The number of halogens is 1. The zero-order valence-corrected chi connectivity index (χ0v) is 7.70. The topological polar surface area (TPSA) is 3.24 Å². The van der Waals surface area contributed by atoms with Crippen molar-refractivity contribution in [3.8, 4) is 0 Å². The van der Waals surface area contributed by atoms with E-state index in [0.29, 0.717) is 0 Å². The Morgan fingerprint density at radius 1 is 0.889 bits per heavy atom. The molecule has 0 N–H and O–H groups in total. The molecule has 3 heteroatoms. The number of rotatable bonds is 3. The van der Waals surface area contributed by atoms with E-state index in [4.69, 9.17) is 0 Å². The maximum Gasteiger partial charge on any atom is 1.00 e. The van der Waals surface area contributed by atoms with Gasteiger partial charge in [-0.2, -0.15) is 0 Å². The fourth-order valence-corrected chi connectivity index (χ4v) is 0.671. The summed E-state index contributed by atoms with van der Waals surface area (Å²) in [6.45, 7) is 10.1. The fourth-order valence-electron chi connectivity index (χ4n) is 0.671. The number of nitrogens with zero attached hydrogens (tertiary/aromatic N) is 1. The molecule has 0 aliphatic carbocycles. The summed E-state index contributed by atoms with van der Waals surface area (Å²) in [5.74, 6) is 0. The van der Waals surface area contributed by atoms with E-state index < -0.39 is 0 Å². The molecule has 0 aromatic carbocycles. The van der Waals surface area contributed by atoms with Crippen molar-refractivity contribution in [2.45, 2.75) is 20.8 Å². The quantitative estimate of drug-likeness (QED) is 0.360. The Morgan fingerprint density at radius 3 is 1.11 bits per heavy atom. The molecular formula is C6H15ClLiN. The summed E-state index contributed by atoms with van der Waals surface area (Å²) in [5.41, 5.74) is 0. The Morgan fingerprint density at radius 2 is 1.11 bits per heavy atom. The molecule has 0 amide bonds. The SMILES string of the molecule is CCN(CC)CC.[Cl-].[Li+]. The van der Waals surface area contributed by atoms with Gasteiger partial charge in [0, 0.05) is 0 Å². The number of hydrogen-bond donors (Lipinski definition) is 0. The maximum absolute atomic E-state index is 2.38. The second-order valence-electron chi connectivity index (χ2n) is 1.62. The van der Waals surface area contributed by atoms with Gasteiger partial charge in [-0.15, -0.1) is 0 Å². The molecule has 0 rings (SSSR count). The summed E-state index contributed by atoms with van der Waals surface area (Å²) < 4.78 is 0. The molecule has 0 aromatic rings. The van der Waals surface area contributed by atoms with E-state index in [0.717, 1.165) is 0 Å². The molecule has 9 heavy (non-hydrogen) atoms. The first-order valence-electron chi connectivity index (χ1n) is 3.07. The van der Waals surface area contributed by atoms with Gasteiger partial charge in [-0.25, -0.2) is 0 Å². The molecule has 0 saturated carbocycles. The smallest absolute Gasteiger partial charge is 1.00 e. The molecule has 1 nitrogen and oxygen atoms in total. The maximum atomic E-state index is 2.38. The first-order valence-corrected chi connectivity index (χ1v) is 3.07. The zero-order valence-electron chi connectivity index (χ0n) is 6.95. The Bertz CT molecular complexity index is 34.5. The molecule has 0 aliphatic heterocycles. The van der Waals surface area contributed by atoms with Gasteiger partial charge in [-0.1, -0.05) is 20.8 Å². The third-order valence-electron chi connectivity index (χ3n) is 1.34. The third kappa shape index (κ3) is 8.85. The van der Waals surface area contributed by atoms with Crippen LogP contribution in [0.25, 0.3) is 0 Å². The third-order valence-corrected chi connectivity index (χ3v) is 1.34. The largest absolute Gasteiger partial charge is 1.00 e. The van der Waals surface area contributed by atoms with Crippen molar-refractivity contribution in [1.82, 2.24) is 4.90 Å². The van der Waals surface area contributed by atoms with Gasteiger partial charge in [0.2, 0.25) is 0 Å². The van der Waals surface area contributed by atoms with Crippen LogP contribution in [0.5, 0.6) is 0 Å². The normalized spacial score (nSPS) is 8.00. The van der Waals surface area contributed by atoms with Crippen molar-refractivity contribution in [2.24, 2.45) is 0 Å². The van der Waals surface area contributed by atoms with Crippen LogP contribution in [-0.4, -0.2) is 24.5 Å². The predicted molar refractivity (Wildman–Crippen MR) is 33.5 cm³/mol. The van der Waals surface area contributed by atoms with Gasteiger partial charge in [0.15, 0.2) is 0 Å². The van der Waals surface area contributed by atoms with E-state index in [2.05, 4.69) is 25.7 Å². The molecule has 0 aliphatic rings. The molecule has 0 aromatic heterocycles. The molecule has 0 atom stereocenters. The monoisotopic (exact) mass is 143 g/mol. The summed E-state index contributed by atoms with van der Waals surface area (Å²) in [7, 11) is 0. The van der Waals surface area contributed by atoms with E-state index in [9.17, 15) is 0 Å². The average molecular weight is 144 g/mol. The number of hydrogen-bond acceptors (Lipinski definition) is 1.